The lowest BCUT2D eigenvalue weighted by atomic mass is 10.2. The van der Waals surface area contributed by atoms with E-state index >= 15 is 0 Å². The van der Waals surface area contributed by atoms with Crippen molar-refractivity contribution in [1.29, 1.82) is 0 Å². The van der Waals surface area contributed by atoms with Crippen molar-refractivity contribution in [3.63, 3.8) is 0 Å². The van der Waals surface area contributed by atoms with Gasteiger partial charge in [0.05, 0.1) is 13.2 Å². The van der Waals surface area contributed by atoms with Crippen LogP contribution in [0.1, 0.15) is 25.3 Å². The van der Waals surface area contributed by atoms with Crippen molar-refractivity contribution < 1.29 is 19.1 Å². The lowest BCUT2D eigenvalue weighted by molar-refractivity contribution is -0.140. The largest absolute Gasteiger partial charge is 0.463 e. The number of rotatable bonds is 8. The highest BCUT2D eigenvalue weighted by Gasteiger charge is 2.01. The van der Waals surface area contributed by atoms with E-state index in [1.54, 1.807) is 0 Å². The van der Waals surface area contributed by atoms with Crippen molar-refractivity contribution >= 4 is 11.9 Å². The van der Waals surface area contributed by atoms with Crippen LogP contribution in [0, 0.1) is 0 Å². The van der Waals surface area contributed by atoms with Crippen molar-refractivity contribution in [2.45, 2.75) is 26.2 Å². The van der Waals surface area contributed by atoms with Crippen LogP contribution in [0.15, 0.2) is 42.5 Å². The lowest BCUT2D eigenvalue weighted by Crippen LogP contribution is -2.07. The van der Waals surface area contributed by atoms with Gasteiger partial charge >= 0.3 is 11.9 Å². The Labute approximate surface area is 119 Å². The van der Waals surface area contributed by atoms with Crippen LogP contribution in [-0.2, 0) is 25.5 Å². The topological polar surface area (TPSA) is 52.6 Å². The van der Waals surface area contributed by atoms with Gasteiger partial charge in [-0.25, -0.2) is 9.59 Å². The van der Waals surface area contributed by atoms with Crippen molar-refractivity contribution in [1.82, 2.24) is 0 Å². The standard InChI is InChI=1S/C16H20O4/c1-2-3-12-19-15(17)9-10-16(18)20-13-11-14-7-5-4-6-8-14/h4-10H,2-3,11-13H2,1H3/b10-9+. The summed E-state index contributed by atoms with van der Waals surface area (Å²) in [5.41, 5.74) is 1.10. The second kappa shape index (κ2) is 9.78. The molecule has 20 heavy (non-hydrogen) atoms. The summed E-state index contributed by atoms with van der Waals surface area (Å²) in [6, 6.07) is 9.73. The Morgan fingerprint density at radius 1 is 1.00 bits per heavy atom. The zero-order valence-corrected chi connectivity index (χ0v) is 11.7. The van der Waals surface area contributed by atoms with Crippen LogP contribution >= 0.6 is 0 Å². The first kappa shape index (κ1) is 16.0. The number of ether oxygens (including phenoxy) is 2. The van der Waals surface area contributed by atoms with Gasteiger partial charge in [-0.2, -0.15) is 0 Å². The molecule has 1 rings (SSSR count). The Kier molecular flexibility index (Phi) is 7.80. The van der Waals surface area contributed by atoms with E-state index in [1.807, 2.05) is 37.3 Å². The van der Waals surface area contributed by atoms with E-state index in [0.717, 1.165) is 30.6 Å². The number of unbranched alkanes of at least 4 members (excludes halogenated alkanes) is 1. The molecule has 0 spiro atoms. The van der Waals surface area contributed by atoms with E-state index in [9.17, 15) is 9.59 Å². The number of esters is 2. The molecule has 0 amide bonds. The van der Waals surface area contributed by atoms with E-state index in [0.29, 0.717) is 13.0 Å². The van der Waals surface area contributed by atoms with Crippen LogP contribution < -0.4 is 0 Å². The van der Waals surface area contributed by atoms with E-state index in [4.69, 9.17) is 9.47 Å². The molecule has 0 radical (unpaired) electrons. The third-order valence-corrected chi connectivity index (χ3v) is 2.58. The third-order valence-electron chi connectivity index (χ3n) is 2.58. The van der Waals surface area contributed by atoms with Gasteiger partial charge < -0.3 is 9.47 Å². The molecule has 0 bridgehead atoms. The fraction of sp³-hybridized carbons (Fsp3) is 0.375. The maximum Gasteiger partial charge on any atom is 0.331 e. The van der Waals surface area contributed by atoms with Gasteiger partial charge in [-0.05, 0) is 12.0 Å². The zero-order valence-electron chi connectivity index (χ0n) is 11.7. The van der Waals surface area contributed by atoms with Crippen molar-refractivity contribution in [3.8, 4) is 0 Å². The number of carbonyl (C=O) groups is 2. The quantitative estimate of drug-likeness (QED) is 0.416. The van der Waals surface area contributed by atoms with Gasteiger partial charge in [0.25, 0.3) is 0 Å². The predicted octanol–water partition coefficient (Wildman–Crippen LogP) is 2.67. The zero-order chi connectivity index (χ0) is 14.6. The molecule has 0 saturated carbocycles. The van der Waals surface area contributed by atoms with Gasteiger partial charge in [-0.1, -0.05) is 43.7 Å². The van der Waals surface area contributed by atoms with E-state index in [1.165, 1.54) is 0 Å². The fourth-order valence-corrected chi connectivity index (χ4v) is 1.46. The van der Waals surface area contributed by atoms with E-state index < -0.39 is 11.9 Å². The molecule has 0 fully saturated rings. The van der Waals surface area contributed by atoms with Gasteiger partial charge in [-0.3, -0.25) is 0 Å². The summed E-state index contributed by atoms with van der Waals surface area (Å²) in [4.78, 5) is 22.6. The van der Waals surface area contributed by atoms with E-state index in [2.05, 4.69) is 0 Å². The van der Waals surface area contributed by atoms with Crippen LogP contribution in [-0.4, -0.2) is 25.2 Å². The normalized spacial score (nSPS) is 10.4. The summed E-state index contributed by atoms with van der Waals surface area (Å²) in [5, 5.41) is 0. The van der Waals surface area contributed by atoms with Crippen LogP contribution in [0.25, 0.3) is 0 Å². The van der Waals surface area contributed by atoms with E-state index in [-0.39, 0.29) is 6.61 Å². The minimum Gasteiger partial charge on any atom is -0.463 e. The molecule has 0 aliphatic rings. The molecular formula is C16H20O4. The van der Waals surface area contributed by atoms with Crippen molar-refractivity contribution in [2.24, 2.45) is 0 Å². The van der Waals surface area contributed by atoms with Crippen molar-refractivity contribution in [2.75, 3.05) is 13.2 Å². The molecule has 4 nitrogen and oxygen atoms in total. The lowest BCUT2D eigenvalue weighted by Gasteiger charge is -2.02. The first-order valence-corrected chi connectivity index (χ1v) is 6.78. The van der Waals surface area contributed by atoms with Crippen LogP contribution in [0.3, 0.4) is 0 Å². The summed E-state index contributed by atoms with van der Waals surface area (Å²) in [5.74, 6) is -1.05. The molecule has 0 heterocycles. The third kappa shape index (κ3) is 7.36. The van der Waals surface area contributed by atoms with Gasteiger partial charge in [0.1, 0.15) is 0 Å². The molecule has 1 aromatic carbocycles. The first-order valence-electron chi connectivity index (χ1n) is 6.78. The highest BCUT2D eigenvalue weighted by atomic mass is 16.5. The van der Waals surface area contributed by atoms with Crippen LogP contribution in [0.4, 0.5) is 0 Å². The maximum atomic E-state index is 11.4. The molecule has 0 aromatic heterocycles. The molecule has 0 aliphatic carbocycles. The Balaban J connectivity index is 2.18. The minimum atomic E-state index is -0.534. The average molecular weight is 276 g/mol. The van der Waals surface area contributed by atoms with Gasteiger partial charge in [0.2, 0.25) is 0 Å². The first-order chi connectivity index (χ1) is 9.72. The average Bonchev–Trinajstić information content (AvgIpc) is 2.46. The van der Waals surface area contributed by atoms with Crippen molar-refractivity contribution in [3.05, 3.63) is 48.0 Å². The molecule has 108 valence electrons. The second-order valence-corrected chi connectivity index (χ2v) is 4.26. The predicted molar refractivity (Wildman–Crippen MR) is 76.1 cm³/mol. The molecule has 0 N–H and O–H groups in total. The highest BCUT2D eigenvalue weighted by molar-refractivity contribution is 5.91. The summed E-state index contributed by atoms with van der Waals surface area (Å²) in [6.45, 7) is 2.68. The SMILES string of the molecule is CCCCOC(=O)/C=C/C(=O)OCCc1ccccc1. The fourth-order valence-electron chi connectivity index (χ4n) is 1.46. The summed E-state index contributed by atoms with van der Waals surface area (Å²) in [6.07, 6.45) is 4.63. The molecular weight excluding hydrogens is 256 g/mol. The number of benzene rings is 1. The summed E-state index contributed by atoms with van der Waals surface area (Å²) < 4.78 is 9.86. The molecule has 4 heteroatoms. The molecule has 0 saturated heterocycles. The molecule has 1 aromatic rings. The minimum absolute atomic E-state index is 0.290. The maximum absolute atomic E-state index is 11.4. The number of carbonyl (C=O) groups excluding carboxylic acids is 2. The number of hydrogen-bond acceptors (Lipinski definition) is 4. The Morgan fingerprint density at radius 3 is 2.20 bits per heavy atom. The summed E-state index contributed by atoms with van der Waals surface area (Å²) >= 11 is 0. The van der Waals surface area contributed by atoms with Crippen LogP contribution in [0.5, 0.6) is 0 Å². The number of hydrogen-bond donors (Lipinski definition) is 0. The highest BCUT2D eigenvalue weighted by Crippen LogP contribution is 1.99. The summed E-state index contributed by atoms with van der Waals surface area (Å²) in [7, 11) is 0. The second-order valence-electron chi connectivity index (χ2n) is 4.26. The van der Waals surface area contributed by atoms with Crippen LogP contribution in [0.2, 0.25) is 0 Å². The Hall–Kier alpha value is -2.10. The molecule has 0 unspecified atom stereocenters. The Morgan fingerprint density at radius 2 is 1.60 bits per heavy atom. The van der Waals surface area contributed by atoms with Gasteiger partial charge in [0.15, 0.2) is 0 Å². The van der Waals surface area contributed by atoms with Gasteiger partial charge in [0, 0.05) is 18.6 Å². The molecule has 0 atom stereocenters. The molecule has 0 aliphatic heterocycles. The Bertz CT molecular complexity index is 437. The monoisotopic (exact) mass is 276 g/mol. The smallest absolute Gasteiger partial charge is 0.331 e. The van der Waals surface area contributed by atoms with Gasteiger partial charge in [-0.15, -0.1) is 0 Å².